The molecule has 1 atom stereocenters. The molecule has 1 aromatic heterocycles. The van der Waals surface area contributed by atoms with E-state index in [2.05, 4.69) is 17.3 Å². The van der Waals surface area contributed by atoms with Crippen LogP contribution in [0.3, 0.4) is 0 Å². The van der Waals surface area contributed by atoms with Gasteiger partial charge in [-0.15, -0.1) is 0 Å². The molecule has 116 valence electrons. The Morgan fingerprint density at radius 1 is 1.41 bits per heavy atom. The highest BCUT2D eigenvalue weighted by Gasteiger charge is 2.30. The molecule has 6 heteroatoms. The summed E-state index contributed by atoms with van der Waals surface area (Å²) in [6, 6.07) is 7.28. The molecule has 2 aromatic rings. The van der Waals surface area contributed by atoms with Crippen LogP contribution in [-0.2, 0) is 11.2 Å². The summed E-state index contributed by atoms with van der Waals surface area (Å²) in [5.41, 5.74) is 0.755. The first-order chi connectivity index (χ1) is 10.5. The molecule has 0 spiro atoms. The van der Waals surface area contributed by atoms with Crippen molar-refractivity contribution in [2.45, 2.75) is 32.2 Å². The fourth-order valence-electron chi connectivity index (χ4n) is 2.54. The van der Waals surface area contributed by atoms with E-state index in [1.54, 1.807) is 24.4 Å². The summed E-state index contributed by atoms with van der Waals surface area (Å²) >= 11 is 12.0. The van der Waals surface area contributed by atoms with Crippen LogP contribution < -0.4 is 5.32 Å². The van der Waals surface area contributed by atoms with E-state index in [4.69, 9.17) is 23.2 Å². The summed E-state index contributed by atoms with van der Waals surface area (Å²) in [5, 5.41) is 8.30. The van der Waals surface area contributed by atoms with Crippen molar-refractivity contribution in [3.8, 4) is 0 Å². The van der Waals surface area contributed by atoms with Gasteiger partial charge in [-0.05, 0) is 43.4 Å². The van der Waals surface area contributed by atoms with Crippen LogP contribution in [0.15, 0.2) is 30.5 Å². The number of hydrogen-bond donors (Lipinski definition) is 1. The second-order valence-electron chi connectivity index (χ2n) is 5.70. The van der Waals surface area contributed by atoms with Gasteiger partial charge in [0.15, 0.2) is 0 Å². The summed E-state index contributed by atoms with van der Waals surface area (Å²) in [5.74, 6) is 1.28. The monoisotopic (exact) mass is 337 g/mol. The van der Waals surface area contributed by atoms with E-state index in [-0.39, 0.29) is 12.3 Å². The lowest BCUT2D eigenvalue weighted by Gasteiger charge is -2.15. The van der Waals surface area contributed by atoms with Crippen molar-refractivity contribution in [3.05, 3.63) is 46.1 Å². The molecule has 1 aliphatic carbocycles. The molecule has 0 unspecified atom stereocenters. The zero-order valence-electron chi connectivity index (χ0n) is 12.2. The van der Waals surface area contributed by atoms with Crippen molar-refractivity contribution in [2.24, 2.45) is 5.92 Å². The number of carbonyl (C=O) groups excluding carboxylic acids is 1. The number of amides is 1. The smallest absolute Gasteiger partial charge is 0.229 e. The quantitative estimate of drug-likeness (QED) is 0.881. The fourth-order valence-corrected chi connectivity index (χ4v) is 3.02. The van der Waals surface area contributed by atoms with Crippen molar-refractivity contribution in [2.75, 3.05) is 5.32 Å². The summed E-state index contributed by atoms with van der Waals surface area (Å²) in [4.78, 5) is 12.2. The third-order valence-corrected chi connectivity index (χ3v) is 4.58. The maximum absolute atomic E-state index is 12.2. The normalized spacial score (nSPS) is 15.6. The summed E-state index contributed by atoms with van der Waals surface area (Å²) in [6.45, 7) is 2.14. The number of benzene rings is 1. The third-order valence-electron chi connectivity index (χ3n) is 3.99. The number of anilines is 1. The molecule has 0 radical (unpaired) electrons. The number of aromatic nitrogens is 2. The van der Waals surface area contributed by atoms with Crippen LogP contribution in [0.25, 0.3) is 0 Å². The van der Waals surface area contributed by atoms with Gasteiger partial charge in [-0.25, -0.2) is 4.68 Å². The second kappa shape index (κ2) is 6.31. The molecule has 1 N–H and O–H groups in total. The van der Waals surface area contributed by atoms with Gasteiger partial charge in [0.2, 0.25) is 5.91 Å². The van der Waals surface area contributed by atoms with E-state index in [9.17, 15) is 4.79 Å². The van der Waals surface area contributed by atoms with Gasteiger partial charge in [-0.3, -0.25) is 4.79 Å². The van der Waals surface area contributed by atoms with Crippen molar-refractivity contribution < 1.29 is 4.79 Å². The standard InChI is InChI=1S/C16H17Cl2N3O/c1-10(11-2-3-11)21-15(6-7-19-21)20-16(22)8-12-4-5-13(17)9-14(12)18/h4-7,9-11H,2-3,8H2,1H3,(H,20,22)/t10-/m0/s1. The molecule has 3 rings (SSSR count). The maximum atomic E-state index is 12.2. The largest absolute Gasteiger partial charge is 0.311 e. The first-order valence-electron chi connectivity index (χ1n) is 7.32. The van der Waals surface area contributed by atoms with E-state index in [1.165, 1.54) is 12.8 Å². The highest BCUT2D eigenvalue weighted by molar-refractivity contribution is 6.35. The van der Waals surface area contributed by atoms with Crippen molar-refractivity contribution in [1.82, 2.24) is 9.78 Å². The number of nitrogens with one attached hydrogen (secondary N) is 1. The molecular formula is C16H17Cl2N3O. The van der Waals surface area contributed by atoms with Crippen LogP contribution in [0, 0.1) is 5.92 Å². The average Bonchev–Trinajstić information content (AvgIpc) is 3.22. The van der Waals surface area contributed by atoms with Crippen LogP contribution in [0.1, 0.15) is 31.4 Å². The van der Waals surface area contributed by atoms with Gasteiger partial charge in [0.05, 0.1) is 18.7 Å². The van der Waals surface area contributed by atoms with Gasteiger partial charge < -0.3 is 5.32 Å². The first-order valence-corrected chi connectivity index (χ1v) is 8.07. The Labute approximate surface area is 139 Å². The van der Waals surface area contributed by atoms with E-state index in [0.29, 0.717) is 22.0 Å². The van der Waals surface area contributed by atoms with Gasteiger partial charge in [0.25, 0.3) is 0 Å². The summed E-state index contributed by atoms with van der Waals surface area (Å²) in [6.07, 6.45) is 4.38. The van der Waals surface area contributed by atoms with Crippen LogP contribution in [0.4, 0.5) is 5.82 Å². The van der Waals surface area contributed by atoms with Crippen molar-refractivity contribution >= 4 is 34.9 Å². The molecule has 1 fully saturated rings. The van der Waals surface area contributed by atoms with E-state index < -0.39 is 0 Å². The molecule has 0 aliphatic heterocycles. The zero-order valence-corrected chi connectivity index (χ0v) is 13.7. The van der Waals surface area contributed by atoms with Gasteiger partial charge >= 0.3 is 0 Å². The minimum Gasteiger partial charge on any atom is -0.311 e. The number of nitrogens with zero attached hydrogens (tertiary/aromatic N) is 2. The predicted molar refractivity (Wildman–Crippen MR) is 88.5 cm³/mol. The molecule has 1 aliphatic rings. The highest BCUT2D eigenvalue weighted by atomic mass is 35.5. The second-order valence-corrected chi connectivity index (χ2v) is 6.54. The van der Waals surface area contributed by atoms with Crippen LogP contribution >= 0.6 is 23.2 Å². The molecule has 4 nitrogen and oxygen atoms in total. The van der Waals surface area contributed by atoms with Gasteiger partial charge in [-0.1, -0.05) is 29.3 Å². The Balaban J connectivity index is 1.68. The molecule has 22 heavy (non-hydrogen) atoms. The molecule has 1 heterocycles. The van der Waals surface area contributed by atoms with E-state index in [0.717, 1.165) is 11.4 Å². The lowest BCUT2D eigenvalue weighted by Crippen LogP contribution is -2.19. The average molecular weight is 338 g/mol. The Morgan fingerprint density at radius 3 is 2.86 bits per heavy atom. The number of rotatable bonds is 5. The SMILES string of the molecule is C[C@@H](C1CC1)n1nccc1NC(=O)Cc1ccc(Cl)cc1Cl. The maximum Gasteiger partial charge on any atom is 0.229 e. The van der Waals surface area contributed by atoms with Crippen LogP contribution in [0.5, 0.6) is 0 Å². The summed E-state index contributed by atoms with van der Waals surface area (Å²) < 4.78 is 1.89. The lowest BCUT2D eigenvalue weighted by molar-refractivity contribution is -0.115. The summed E-state index contributed by atoms with van der Waals surface area (Å²) in [7, 11) is 0. The fraction of sp³-hybridized carbons (Fsp3) is 0.375. The number of hydrogen-bond acceptors (Lipinski definition) is 2. The van der Waals surface area contributed by atoms with Crippen LogP contribution in [0.2, 0.25) is 10.0 Å². The van der Waals surface area contributed by atoms with Gasteiger partial charge in [-0.2, -0.15) is 5.10 Å². The molecule has 0 bridgehead atoms. The third kappa shape index (κ3) is 3.45. The highest BCUT2D eigenvalue weighted by Crippen LogP contribution is 2.40. The van der Waals surface area contributed by atoms with Crippen molar-refractivity contribution in [1.29, 1.82) is 0 Å². The molecule has 1 saturated carbocycles. The minimum absolute atomic E-state index is 0.117. The minimum atomic E-state index is -0.117. The van der Waals surface area contributed by atoms with Crippen LogP contribution in [-0.4, -0.2) is 15.7 Å². The van der Waals surface area contributed by atoms with Crippen molar-refractivity contribution in [3.63, 3.8) is 0 Å². The number of halogens is 2. The number of carbonyl (C=O) groups is 1. The Kier molecular flexibility index (Phi) is 4.41. The zero-order chi connectivity index (χ0) is 15.7. The molecular weight excluding hydrogens is 321 g/mol. The Hall–Kier alpha value is -1.52. The van der Waals surface area contributed by atoms with Gasteiger partial charge in [0, 0.05) is 16.1 Å². The molecule has 1 aromatic carbocycles. The Bertz CT molecular complexity index is 694. The molecule has 0 saturated heterocycles. The van der Waals surface area contributed by atoms with Gasteiger partial charge in [0.1, 0.15) is 5.82 Å². The van der Waals surface area contributed by atoms with E-state index >= 15 is 0 Å². The van der Waals surface area contributed by atoms with E-state index in [1.807, 2.05) is 10.7 Å². The predicted octanol–water partition coefficient (Wildman–Crippen LogP) is 4.34. The Morgan fingerprint density at radius 2 is 2.18 bits per heavy atom. The lowest BCUT2D eigenvalue weighted by atomic mass is 10.1. The first kappa shape index (κ1) is 15.4. The topological polar surface area (TPSA) is 46.9 Å². The molecule has 1 amide bonds.